The van der Waals surface area contributed by atoms with Gasteiger partial charge >= 0.3 is 0 Å². The topological polar surface area (TPSA) is 48.3 Å². The number of piperidine rings is 1. The molecular weight excluding hydrogens is 478 g/mol. The first-order chi connectivity index (χ1) is 18.1. The van der Waals surface area contributed by atoms with Gasteiger partial charge in [0.05, 0.1) is 6.61 Å². The fourth-order valence-corrected chi connectivity index (χ4v) is 6.22. The van der Waals surface area contributed by atoms with Gasteiger partial charge in [0.25, 0.3) is 0 Å². The lowest BCUT2D eigenvalue weighted by Gasteiger charge is -2.40. The molecule has 37 heavy (non-hydrogen) atoms. The van der Waals surface area contributed by atoms with E-state index in [2.05, 4.69) is 76.5 Å². The second kappa shape index (κ2) is 11.5. The lowest BCUT2D eigenvalue weighted by atomic mass is 9.74. The van der Waals surface area contributed by atoms with Crippen molar-refractivity contribution < 1.29 is 9.84 Å². The molecule has 0 atom stereocenters. The minimum absolute atomic E-state index is 0.0310. The Bertz CT molecular complexity index is 1230. The summed E-state index contributed by atoms with van der Waals surface area (Å²) >= 11 is 1.25. The molecule has 0 unspecified atom stereocenters. The molecule has 5 rings (SSSR count). The summed E-state index contributed by atoms with van der Waals surface area (Å²) in [5, 5.41) is 9.20. The standard InChI is InChI=1S/C31H35N3O2S/c1-32-37-30(15-20-35)26-11-13-27(14-12-26)36-22-25-9-7-24(8-10-25)21-34-18-16-31(17-19-34)23-33(2)29-6-4-3-5-28(29)31/h3-15,35H,1,16-23H2,2H3/b30-15-. The van der Waals surface area contributed by atoms with Crippen molar-refractivity contribution in [2.45, 2.75) is 31.4 Å². The zero-order chi connectivity index (χ0) is 25.7. The predicted molar refractivity (Wildman–Crippen MR) is 155 cm³/mol. The molecule has 1 N–H and O–H groups in total. The maximum Gasteiger partial charge on any atom is 0.119 e. The number of rotatable bonds is 9. The Morgan fingerprint density at radius 2 is 1.73 bits per heavy atom. The summed E-state index contributed by atoms with van der Waals surface area (Å²) in [5.74, 6) is 0.814. The smallest absolute Gasteiger partial charge is 0.119 e. The molecule has 1 fully saturated rings. The number of nitrogens with zero attached hydrogens (tertiary/aromatic N) is 3. The molecular formula is C31H35N3O2S. The molecule has 192 valence electrons. The highest BCUT2D eigenvalue weighted by Crippen LogP contribution is 2.46. The van der Waals surface area contributed by atoms with Crippen LogP contribution >= 0.6 is 11.9 Å². The van der Waals surface area contributed by atoms with Gasteiger partial charge in [-0.1, -0.05) is 54.6 Å². The average molecular weight is 514 g/mol. The van der Waals surface area contributed by atoms with Crippen LogP contribution in [0.4, 0.5) is 5.69 Å². The minimum Gasteiger partial charge on any atom is -0.489 e. The van der Waals surface area contributed by atoms with Crippen molar-refractivity contribution in [2.24, 2.45) is 4.40 Å². The lowest BCUT2D eigenvalue weighted by Crippen LogP contribution is -2.44. The average Bonchev–Trinajstić information content (AvgIpc) is 3.21. The van der Waals surface area contributed by atoms with Crippen LogP contribution in [0.5, 0.6) is 5.75 Å². The largest absolute Gasteiger partial charge is 0.489 e. The van der Waals surface area contributed by atoms with Crippen LogP contribution in [0.2, 0.25) is 0 Å². The van der Waals surface area contributed by atoms with E-state index in [0.717, 1.165) is 48.0 Å². The SMILES string of the molecule is C=NS/C(=C\CO)c1ccc(OCc2ccc(CN3CCC4(CC3)CN(C)c3ccccc34)cc2)cc1. The number of benzene rings is 3. The summed E-state index contributed by atoms with van der Waals surface area (Å²) in [6.45, 7) is 8.43. The van der Waals surface area contributed by atoms with Crippen molar-refractivity contribution in [2.75, 3.05) is 38.2 Å². The molecule has 1 saturated heterocycles. The number of anilines is 1. The van der Waals surface area contributed by atoms with Gasteiger partial charge < -0.3 is 14.7 Å². The van der Waals surface area contributed by atoms with Gasteiger partial charge in [-0.25, -0.2) is 4.40 Å². The molecule has 3 aromatic rings. The van der Waals surface area contributed by atoms with Crippen molar-refractivity contribution in [3.8, 4) is 5.75 Å². The number of aliphatic hydroxyl groups is 1. The Hall–Kier alpha value is -3.06. The molecule has 6 heteroatoms. The van der Waals surface area contributed by atoms with Gasteiger partial charge in [0.1, 0.15) is 12.4 Å². The van der Waals surface area contributed by atoms with Gasteiger partial charge in [0, 0.05) is 48.1 Å². The molecule has 0 bridgehead atoms. The van der Waals surface area contributed by atoms with Crippen LogP contribution in [-0.4, -0.2) is 50.0 Å². The molecule has 0 aromatic heterocycles. The number of hydrogen-bond donors (Lipinski definition) is 1. The first-order valence-electron chi connectivity index (χ1n) is 12.9. The van der Waals surface area contributed by atoms with E-state index in [9.17, 15) is 5.11 Å². The van der Waals surface area contributed by atoms with Crippen LogP contribution in [0.25, 0.3) is 4.91 Å². The number of para-hydroxylation sites is 1. The fourth-order valence-electron chi connectivity index (χ4n) is 5.69. The number of hydrogen-bond acceptors (Lipinski definition) is 6. The summed E-state index contributed by atoms with van der Waals surface area (Å²) in [5.41, 5.74) is 6.77. The third kappa shape index (κ3) is 5.77. The van der Waals surface area contributed by atoms with Gasteiger partial charge in [-0.15, -0.1) is 0 Å². The second-order valence-electron chi connectivity index (χ2n) is 10.0. The van der Waals surface area contributed by atoms with Crippen LogP contribution in [0.15, 0.2) is 83.3 Å². The number of likely N-dealkylation sites (N-methyl/N-ethyl adjacent to an activating group) is 1. The summed E-state index contributed by atoms with van der Waals surface area (Å²) < 4.78 is 9.85. The van der Waals surface area contributed by atoms with Crippen LogP contribution in [0, 0.1) is 0 Å². The van der Waals surface area contributed by atoms with Crippen molar-refractivity contribution >= 4 is 29.3 Å². The van der Waals surface area contributed by atoms with Gasteiger partial charge in [-0.2, -0.15) is 0 Å². The molecule has 1 spiro atoms. The number of fused-ring (bicyclic) bond motifs is 2. The first kappa shape index (κ1) is 25.6. The number of ether oxygens (including phenoxy) is 1. The van der Waals surface area contributed by atoms with Crippen molar-refractivity contribution in [1.29, 1.82) is 0 Å². The Balaban J connectivity index is 1.12. The Morgan fingerprint density at radius 3 is 2.43 bits per heavy atom. The Morgan fingerprint density at radius 1 is 1.03 bits per heavy atom. The van der Waals surface area contributed by atoms with E-state index in [0.29, 0.717) is 12.0 Å². The van der Waals surface area contributed by atoms with Gasteiger partial charge in [0.2, 0.25) is 0 Å². The van der Waals surface area contributed by atoms with Crippen molar-refractivity contribution in [3.63, 3.8) is 0 Å². The Labute approximate surface area is 224 Å². The normalized spacial score (nSPS) is 17.1. The van der Waals surface area contributed by atoms with E-state index in [-0.39, 0.29) is 6.61 Å². The van der Waals surface area contributed by atoms with E-state index < -0.39 is 0 Å². The molecule has 2 heterocycles. The van der Waals surface area contributed by atoms with Crippen LogP contribution < -0.4 is 9.64 Å². The summed E-state index contributed by atoms with van der Waals surface area (Å²) in [6, 6.07) is 25.6. The number of likely N-dealkylation sites (tertiary alicyclic amines) is 1. The third-order valence-corrected chi connectivity index (χ3v) is 8.38. The highest BCUT2D eigenvalue weighted by Gasteiger charge is 2.43. The van der Waals surface area contributed by atoms with E-state index in [4.69, 9.17) is 4.74 Å². The fraction of sp³-hybridized carbons (Fsp3) is 0.323. The zero-order valence-electron chi connectivity index (χ0n) is 21.5. The van der Waals surface area contributed by atoms with E-state index in [1.807, 2.05) is 24.3 Å². The van der Waals surface area contributed by atoms with E-state index >= 15 is 0 Å². The van der Waals surface area contributed by atoms with Crippen LogP contribution in [0.1, 0.15) is 35.1 Å². The maximum atomic E-state index is 9.20. The van der Waals surface area contributed by atoms with Crippen LogP contribution in [0.3, 0.4) is 0 Å². The third-order valence-electron chi connectivity index (χ3n) is 7.65. The summed E-state index contributed by atoms with van der Waals surface area (Å²) in [4.78, 5) is 5.91. The quantitative estimate of drug-likeness (QED) is 0.284. The highest BCUT2D eigenvalue weighted by molar-refractivity contribution is 8.07. The molecule has 2 aliphatic heterocycles. The zero-order valence-corrected chi connectivity index (χ0v) is 22.3. The van der Waals surface area contributed by atoms with Gasteiger partial charge in [0.15, 0.2) is 0 Å². The molecule has 0 aliphatic carbocycles. The molecule has 3 aromatic carbocycles. The van der Waals surface area contributed by atoms with E-state index in [1.165, 1.54) is 36.0 Å². The molecule has 5 nitrogen and oxygen atoms in total. The van der Waals surface area contributed by atoms with Crippen molar-refractivity contribution in [1.82, 2.24) is 4.90 Å². The summed E-state index contributed by atoms with van der Waals surface area (Å²) in [6.07, 6.45) is 4.17. The number of aliphatic hydroxyl groups excluding tert-OH is 1. The first-order valence-corrected chi connectivity index (χ1v) is 13.7. The maximum absolute atomic E-state index is 9.20. The monoisotopic (exact) mass is 513 g/mol. The van der Waals surface area contributed by atoms with Gasteiger partial charge in [-0.3, -0.25) is 4.90 Å². The van der Waals surface area contributed by atoms with Crippen molar-refractivity contribution in [3.05, 3.63) is 101 Å². The predicted octanol–water partition coefficient (Wildman–Crippen LogP) is 5.93. The molecule has 0 saturated carbocycles. The van der Waals surface area contributed by atoms with Gasteiger partial charge in [-0.05, 0) is 79.2 Å². The molecule has 0 amide bonds. The molecule has 0 radical (unpaired) electrons. The second-order valence-corrected chi connectivity index (χ2v) is 10.9. The highest BCUT2D eigenvalue weighted by atomic mass is 32.2. The van der Waals surface area contributed by atoms with E-state index in [1.54, 1.807) is 11.6 Å². The minimum atomic E-state index is -0.0310. The van der Waals surface area contributed by atoms with Crippen LogP contribution in [-0.2, 0) is 18.6 Å². The lowest BCUT2D eigenvalue weighted by molar-refractivity contribution is 0.160. The Kier molecular flexibility index (Phi) is 7.99. The summed E-state index contributed by atoms with van der Waals surface area (Å²) in [7, 11) is 2.23. The molecule has 2 aliphatic rings.